The van der Waals surface area contributed by atoms with Gasteiger partial charge >= 0.3 is 0 Å². The molecular weight excluding hydrogens is 332 g/mol. The van der Waals surface area contributed by atoms with E-state index in [2.05, 4.69) is 0 Å². The highest BCUT2D eigenvalue weighted by Gasteiger charge is 2.40. The molecule has 142 valence electrons. The summed E-state index contributed by atoms with van der Waals surface area (Å²) < 4.78 is 10.4. The number of hydrogen-bond acceptors (Lipinski definition) is 5. The molecule has 0 atom stereocenters. The first kappa shape index (κ1) is 20.1. The van der Waals surface area contributed by atoms with E-state index in [1.165, 1.54) is 4.90 Å². The van der Waals surface area contributed by atoms with Crippen molar-refractivity contribution in [2.75, 3.05) is 47.1 Å². The number of methoxy groups -OCH3 is 2. The van der Waals surface area contributed by atoms with Crippen LogP contribution in [0.4, 0.5) is 0 Å². The van der Waals surface area contributed by atoms with Gasteiger partial charge in [0, 0.05) is 33.9 Å². The second-order valence-electron chi connectivity index (χ2n) is 6.18. The zero-order valence-electron chi connectivity index (χ0n) is 15.9. The Bertz CT molecular complexity index is 634. The number of carbonyl (C=O) groups excluding carboxylic acids is 2. The van der Waals surface area contributed by atoms with Gasteiger partial charge in [-0.3, -0.25) is 14.5 Å². The van der Waals surface area contributed by atoms with E-state index in [0.29, 0.717) is 44.1 Å². The van der Waals surface area contributed by atoms with Crippen LogP contribution in [0.2, 0.25) is 0 Å². The van der Waals surface area contributed by atoms with Crippen LogP contribution in [0.25, 0.3) is 5.57 Å². The van der Waals surface area contributed by atoms with Gasteiger partial charge in [0.25, 0.3) is 11.8 Å². The molecule has 6 heteroatoms. The number of rotatable bonds is 11. The van der Waals surface area contributed by atoms with Crippen LogP contribution in [0.15, 0.2) is 36.0 Å². The van der Waals surface area contributed by atoms with Gasteiger partial charge in [-0.05, 0) is 12.0 Å². The fourth-order valence-electron chi connectivity index (χ4n) is 2.98. The van der Waals surface area contributed by atoms with E-state index in [9.17, 15) is 9.59 Å². The standard InChI is InChI=1S/C20H28N2O4/c1-4-5-11-22-19(23)17(16-9-7-6-8-10-16)18(20(22)24)21(12-14-25-2)13-15-26-3/h6-10H,4-5,11-15H2,1-3H3. The Labute approximate surface area is 155 Å². The predicted octanol–water partition coefficient (Wildman–Crippen LogP) is 2.16. The molecule has 0 spiro atoms. The fourth-order valence-corrected chi connectivity index (χ4v) is 2.98. The normalized spacial score (nSPS) is 14.5. The van der Waals surface area contributed by atoms with Gasteiger partial charge in [0.2, 0.25) is 0 Å². The lowest BCUT2D eigenvalue weighted by molar-refractivity contribution is -0.137. The smallest absolute Gasteiger partial charge is 0.277 e. The third kappa shape index (κ3) is 4.51. The molecule has 1 aliphatic rings. The zero-order chi connectivity index (χ0) is 18.9. The molecule has 0 bridgehead atoms. The van der Waals surface area contributed by atoms with Crippen molar-refractivity contribution in [3.05, 3.63) is 41.6 Å². The third-order valence-electron chi connectivity index (χ3n) is 4.39. The Kier molecular flexibility index (Phi) is 7.81. The topological polar surface area (TPSA) is 59.1 Å². The lowest BCUT2D eigenvalue weighted by atomic mass is 10.0. The van der Waals surface area contributed by atoms with Crippen LogP contribution in [-0.2, 0) is 19.1 Å². The van der Waals surface area contributed by atoms with Crippen molar-refractivity contribution in [1.29, 1.82) is 0 Å². The van der Waals surface area contributed by atoms with Gasteiger partial charge in [-0.15, -0.1) is 0 Å². The van der Waals surface area contributed by atoms with Gasteiger partial charge in [-0.2, -0.15) is 0 Å². The second-order valence-corrected chi connectivity index (χ2v) is 6.18. The molecule has 1 aromatic rings. The maximum absolute atomic E-state index is 13.1. The van der Waals surface area contributed by atoms with Gasteiger partial charge in [0.15, 0.2) is 0 Å². The van der Waals surface area contributed by atoms with Crippen LogP contribution in [0.1, 0.15) is 25.3 Å². The van der Waals surface area contributed by atoms with Crippen molar-refractivity contribution in [3.63, 3.8) is 0 Å². The van der Waals surface area contributed by atoms with Gasteiger partial charge in [-0.1, -0.05) is 43.7 Å². The minimum absolute atomic E-state index is 0.218. The number of carbonyl (C=O) groups is 2. The van der Waals surface area contributed by atoms with E-state index in [-0.39, 0.29) is 11.8 Å². The SMILES string of the molecule is CCCCN1C(=O)C(c2ccccc2)=C(N(CCOC)CCOC)C1=O. The summed E-state index contributed by atoms with van der Waals surface area (Å²) in [5, 5.41) is 0. The molecule has 1 aliphatic heterocycles. The average molecular weight is 360 g/mol. The number of nitrogens with zero attached hydrogens (tertiary/aromatic N) is 2. The summed E-state index contributed by atoms with van der Waals surface area (Å²) in [5.41, 5.74) is 1.69. The van der Waals surface area contributed by atoms with Crippen molar-refractivity contribution in [3.8, 4) is 0 Å². The van der Waals surface area contributed by atoms with Crippen molar-refractivity contribution < 1.29 is 19.1 Å². The maximum atomic E-state index is 13.1. The summed E-state index contributed by atoms with van der Waals surface area (Å²) in [6.45, 7) is 4.45. The lowest BCUT2D eigenvalue weighted by Gasteiger charge is -2.25. The molecule has 2 amide bonds. The van der Waals surface area contributed by atoms with E-state index < -0.39 is 0 Å². The summed E-state index contributed by atoms with van der Waals surface area (Å²) in [5.74, 6) is -0.445. The van der Waals surface area contributed by atoms with E-state index in [4.69, 9.17) is 9.47 Å². The molecule has 26 heavy (non-hydrogen) atoms. The Morgan fingerprint density at radius 3 is 2.12 bits per heavy atom. The number of imide groups is 1. The molecule has 0 saturated heterocycles. The lowest BCUT2D eigenvalue weighted by Crippen LogP contribution is -2.38. The molecule has 0 saturated carbocycles. The van der Waals surface area contributed by atoms with E-state index in [1.54, 1.807) is 14.2 Å². The fraction of sp³-hybridized carbons (Fsp3) is 0.500. The quantitative estimate of drug-likeness (QED) is 0.566. The van der Waals surface area contributed by atoms with Crippen molar-refractivity contribution >= 4 is 17.4 Å². The van der Waals surface area contributed by atoms with Gasteiger partial charge < -0.3 is 14.4 Å². The van der Waals surface area contributed by atoms with Crippen LogP contribution in [0.5, 0.6) is 0 Å². The first-order valence-electron chi connectivity index (χ1n) is 9.04. The summed E-state index contributed by atoms with van der Waals surface area (Å²) in [7, 11) is 3.24. The molecule has 0 aliphatic carbocycles. The van der Waals surface area contributed by atoms with Crippen molar-refractivity contribution in [1.82, 2.24) is 9.80 Å². The molecule has 0 N–H and O–H groups in total. The number of benzene rings is 1. The van der Waals surface area contributed by atoms with E-state index in [0.717, 1.165) is 18.4 Å². The molecule has 0 radical (unpaired) electrons. The molecule has 0 aromatic heterocycles. The summed E-state index contributed by atoms with van der Waals surface area (Å²) in [6.07, 6.45) is 1.72. The summed E-state index contributed by atoms with van der Waals surface area (Å²) in [4.78, 5) is 29.4. The van der Waals surface area contributed by atoms with E-state index >= 15 is 0 Å². The molecule has 6 nitrogen and oxygen atoms in total. The van der Waals surface area contributed by atoms with Crippen molar-refractivity contribution in [2.24, 2.45) is 0 Å². The van der Waals surface area contributed by atoms with Crippen LogP contribution in [0.3, 0.4) is 0 Å². The number of hydrogen-bond donors (Lipinski definition) is 0. The van der Waals surface area contributed by atoms with Gasteiger partial charge in [0.1, 0.15) is 5.70 Å². The highest BCUT2D eigenvalue weighted by atomic mass is 16.5. The van der Waals surface area contributed by atoms with Crippen LogP contribution in [-0.4, -0.2) is 68.7 Å². The molecule has 1 aromatic carbocycles. The highest BCUT2D eigenvalue weighted by Crippen LogP contribution is 2.31. The van der Waals surface area contributed by atoms with Gasteiger partial charge in [-0.25, -0.2) is 0 Å². The zero-order valence-corrected chi connectivity index (χ0v) is 15.9. The largest absolute Gasteiger partial charge is 0.383 e. The van der Waals surface area contributed by atoms with Crippen LogP contribution in [0, 0.1) is 0 Å². The summed E-state index contributed by atoms with van der Waals surface area (Å²) in [6, 6.07) is 9.39. The van der Waals surface area contributed by atoms with Crippen molar-refractivity contribution in [2.45, 2.75) is 19.8 Å². The molecule has 0 unspecified atom stereocenters. The second kappa shape index (κ2) is 10.1. The number of amides is 2. The van der Waals surface area contributed by atoms with E-state index in [1.807, 2.05) is 42.2 Å². The predicted molar refractivity (Wildman–Crippen MR) is 100 cm³/mol. The Morgan fingerprint density at radius 2 is 1.58 bits per heavy atom. The minimum Gasteiger partial charge on any atom is -0.383 e. The number of ether oxygens (including phenoxy) is 2. The summed E-state index contributed by atoms with van der Waals surface area (Å²) >= 11 is 0. The first-order chi connectivity index (χ1) is 12.7. The third-order valence-corrected chi connectivity index (χ3v) is 4.39. The Hall–Kier alpha value is -2.18. The van der Waals surface area contributed by atoms with Crippen LogP contribution >= 0.6 is 0 Å². The van der Waals surface area contributed by atoms with Crippen LogP contribution < -0.4 is 0 Å². The first-order valence-corrected chi connectivity index (χ1v) is 9.04. The highest BCUT2D eigenvalue weighted by molar-refractivity contribution is 6.35. The Balaban J connectivity index is 2.45. The molecule has 2 rings (SSSR count). The Morgan fingerprint density at radius 1 is 0.962 bits per heavy atom. The number of unbranched alkanes of at least 4 members (excludes halogenated alkanes) is 1. The molecular formula is C20H28N2O4. The molecule has 1 heterocycles. The minimum atomic E-state index is -0.227. The average Bonchev–Trinajstić information content (AvgIpc) is 2.91. The molecule has 0 fully saturated rings. The maximum Gasteiger partial charge on any atom is 0.277 e. The monoisotopic (exact) mass is 360 g/mol. The van der Waals surface area contributed by atoms with Gasteiger partial charge in [0.05, 0.1) is 18.8 Å².